The van der Waals surface area contributed by atoms with Gasteiger partial charge >= 0.3 is 5.97 Å². The summed E-state index contributed by atoms with van der Waals surface area (Å²) >= 11 is 0. The Morgan fingerprint density at radius 1 is 0.966 bits per heavy atom. The standard InChI is InChI=1S/C22H26N2O5/c1-16(17-7-4-3-5-8-17)23-22(27)18-9-6-10-19(15-18)24-20(25)11-12-21(26)29-14-13-28-2/h3-10,15-16H,11-14H2,1-2H3,(H,23,27)(H,24,25). The SMILES string of the molecule is COCCOC(=O)CCC(=O)Nc1cccc(C(=O)NC(C)c2ccccc2)c1. The van der Waals surface area contributed by atoms with Crippen LogP contribution in [-0.4, -0.2) is 38.1 Å². The van der Waals surface area contributed by atoms with Crippen LogP contribution in [0.1, 0.15) is 41.7 Å². The first kappa shape index (κ1) is 22.1. The van der Waals surface area contributed by atoms with E-state index in [0.717, 1.165) is 5.56 Å². The minimum absolute atomic E-state index is 0.00667. The Morgan fingerprint density at radius 3 is 2.45 bits per heavy atom. The van der Waals surface area contributed by atoms with Crippen LogP contribution in [0.3, 0.4) is 0 Å². The summed E-state index contributed by atoms with van der Waals surface area (Å²) in [6.45, 7) is 2.38. The van der Waals surface area contributed by atoms with Crippen molar-refractivity contribution >= 4 is 23.5 Å². The Kier molecular flexibility index (Phi) is 8.85. The highest BCUT2D eigenvalue weighted by Crippen LogP contribution is 2.15. The average Bonchev–Trinajstić information content (AvgIpc) is 2.73. The Morgan fingerprint density at radius 2 is 1.72 bits per heavy atom. The fourth-order valence-corrected chi connectivity index (χ4v) is 2.59. The predicted molar refractivity (Wildman–Crippen MR) is 109 cm³/mol. The van der Waals surface area contributed by atoms with Crippen LogP contribution in [0.25, 0.3) is 0 Å². The molecule has 2 N–H and O–H groups in total. The van der Waals surface area contributed by atoms with Crippen LogP contribution in [0, 0.1) is 0 Å². The molecule has 0 aliphatic rings. The van der Waals surface area contributed by atoms with Gasteiger partial charge in [-0.25, -0.2) is 0 Å². The normalized spacial score (nSPS) is 11.4. The number of esters is 1. The van der Waals surface area contributed by atoms with E-state index in [9.17, 15) is 14.4 Å². The molecule has 2 amide bonds. The van der Waals surface area contributed by atoms with E-state index >= 15 is 0 Å². The summed E-state index contributed by atoms with van der Waals surface area (Å²) in [6, 6.07) is 16.2. The molecular formula is C22H26N2O5. The van der Waals surface area contributed by atoms with Crippen molar-refractivity contribution in [1.82, 2.24) is 5.32 Å². The van der Waals surface area contributed by atoms with Crippen molar-refractivity contribution in [1.29, 1.82) is 0 Å². The third-order valence-corrected chi connectivity index (χ3v) is 4.16. The van der Waals surface area contributed by atoms with Crippen LogP contribution < -0.4 is 10.6 Å². The first-order chi connectivity index (χ1) is 14.0. The molecule has 0 fully saturated rings. The first-order valence-electron chi connectivity index (χ1n) is 9.40. The summed E-state index contributed by atoms with van der Waals surface area (Å²) in [5.74, 6) is -1.02. The minimum atomic E-state index is -0.458. The molecule has 0 spiro atoms. The second kappa shape index (κ2) is 11.6. The lowest BCUT2D eigenvalue weighted by molar-refractivity contribution is -0.145. The van der Waals surface area contributed by atoms with Crippen molar-refractivity contribution in [3.63, 3.8) is 0 Å². The molecule has 154 valence electrons. The Labute approximate surface area is 170 Å². The lowest BCUT2D eigenvalue weighted by Gasteiger charge is -2.15. The zero-order valence-electron chi connectivity index (χ0n) is 16.6. The van der Waals surface area contributed by atoms with Crippen molar-refractivity contribution in [2.75, 3.05) is 25.6 Å². The predicted octanol–water partition coefficient (Wildman–Crippen LogP) is 3.09. The van der Waals surface area contributed by atoms with Gasteiger partial charge in [0.05, 0.1) is 19.1 Å². The van der Waals surface area contributed by atoms with Gasteiger partial charge in [0.25, 0.3) is 5.91 Å². The molecule has 1 unspecified atom stereocenters. The van der Waals surface area contributed by atoms with Crippen LogP contribution in [0.4, 0.5) is 5.69 Å². The van der Waals surface area contributed by atoms with Crippen molar-refractivity contribution in [3.05, 3.63) is 65.7 Å². The lowest BCUT2D eigenvalue weighted by atomic mass is 10.1. The highest BCUT2D eigenvalue weighted by Gasteiger charge is 2.13. The van der Waals surface area contributed by atoms with E-state index in [1.807, 2.05) is 37.3 Å². The Balaban J connectivity index is 1.86. The summed E-state index contributed by atoms with van der Waals surface area (Å²) in [6.07, 6.45) is -0.0302. The fourth-order valence-electron chi connectivity index (χ4n) is 2.59. The summed E-state index contributed by atoms with van der Waals surface area (Å²) in [4.78, 5) is 36.1. The molecule has 0 aliphatic carbocycles. The van der Waals surface area contributed by atoms with Gasteiger partial charge in [-0.05, 0) is 30.7 Å². The van der Waals surface area contributed by atoms with E-state index in [4.69, 9.17) is 9.47 Å². The number of ether oxygens (including phenoxy) is 2. The fraction of sp³-hybridized carbons (Fsp3) is 0.318. The zero-order valence-corrected chi connectivity index (χ0v) is 16.6. The van der Waals surface area contributed by atoms with E-state index in [-0.39, 0.29) is 37.3 Å². The largest absolute Gasteiger partial charge is 0.463 e. The number of hydrogen-bond acceptors (Lipinski definition) is 5. The maximum Gasteiger partial charge on any atom is 0.306 e. The summed E-state index contributed by atoms with van der Waals surface area (Å²) in [5, 5.41) is 5.63. The quantitative estimate of drug-likeness (QED) is 0.474. The third kappa shape index (κ3) is 7.75. The van der Waals surface area contributed by atoms with Gasteiger partial charge in [0.15, 0.2) is 0 Å². The average molecular weight is 398 g/mol. The maximum absolute atomic E-state index is 12.5. The van der Waals surface area contributed by atoms with Gasteiger partial charge in [-0.2, -0.15) is 0 Å². The monoisotopic (exact) mass is 398 g/mol. The molecule has 0 saturated carbocycles. The van der Waals surface area contributed by atoms with Crippen molar-refractivity contribution < 1.29 is 23.9 Å². The summed E-state index contributed by atoms with van der Waals surface area (Å²) in [7, 11) is 1.51. The number of nitrogens with one attached hydrogen (secondary N) is 2. The van der Waals surface area contributed by atoms with E-state index in [2.05, 4.69) is 10.6 Å². The van der Waals surface area contributed by atoms with Gasteiger partial charge in [0, 0.05) is 24.8 Å². The molecule has 2 aromatic carbocycles. The number of carbonyl (C=O) groups is 3. The minimum Gasteiger partial charge on any atom is -0.463 e. The molecular weight excluding hydrogens is 372 g/mol. The molecule has 2 rings (SSSR count). The molecule has 0 heterocycles. The summed E-state index contributed by atoms with van der Waals surface area (Å²) < 4.78 is 9.70. The van der Waals surface area contributed by atoms with Crippen molar-refractivity contribution in [2.45, 2.75) is 25.8 Å². The summed E-state index contributed by atoms with van der Waals surface area (Å²) in [5.41, 5.74) is 1.93. The van der Waals surface area contributed by atoms with Gasteiger partial charge in [-0.3, -0.25) is 14.4 Å². The second-order valence-electron chi connectivity index (χ2n) is 6.45. The number of rotatable bonds is 10. The lowest BCUT2D eigenvalue weighted by Crippen LogP contribution is -2.26. The van der Waals surface area contributed by atoms with E-state index in [1.54, 1.807) is 24.3 Å². The van der Waals surface area contributed by atoms with Gasteiger partial charge in [-0.1, -0.05) is 36.4 Å². The van der Waals surface area contributed by atoms with Crippen LogP contribution in [0.5, 0.6) is 0 Å². The van der Waals surface area contributed by atoms with Gasteiger partial charge in [0.2, 0.25) is 5.91 Å². The van der Waals surface area contributed by atoms with E-state index in [0.29, 0.717) is 17.9 Å². The molecule has 0 bridgehead atoms. The van der Waals surface area contributed by atoms with Gasteiger partial charge < -0.3 is 20.1 Å². The molecule has 0 aliphatic heterocycles. The number of benzene rings is 2. The smallest absolute Gasteiger partial charge is 0.306 e. The molecule has 0 saturated heterocycles. The maximum atomic E-state index is 12.5. The molecule has 7 nitrogen and oxygen atoms in total. The van der Waals surface area contributed by atoms with Crippen LogP contribution in [0.15, 0.2) is 54.6 Å². The van der Waals surface area contributed by atoms with Gasteiger partial charge in [0.1, 0.15) is 6.61 Å². The number of hydrogen-bond donors (Lipinski definition) is 2. The second-order valence-corrected chi connectivity index (χ2v) is 6.45. The number of methoxy groups -OCH3 is 1. The molecule has 1 atom stereocenters. The number of anilines is 1. The Bertz CT molecular complexity index is 823. The highest BCUT2D eigenvalue weighted by atomic mass is 16.6. The van der Waals surface area contributed by atoms with Crippen molar-refractivity contribution in [3.8, 4) is 0 Å². The molecule has 0 radical (unpaired) electrons. The molecule has 2 aromatic rings. The third-order valence-electron chi connectivity index (χ3n) is 4.16. The zero-order chi connectivity index (χ0) is 21.1. The van der Waals surface area contributed by atoms with E-state index in [1.165, 1.54) is 7.11 Å². The first-order valence-corrected chi connectivity index (χ1v) is 9.40. The van der Waals surface area contributed by atoms with Gasteiger partial charge in [-0.15, -0.1) is 0 Å². The van der Waals surface area contributed by atoms with E-state index < -0.39 is 5.97 Å². The Hall–Kier alpha value is -3.19. The van der Waals surface area contributed by atoms with Crippen LogP contribution in [0.2, 0.25) is 0 Å². The molecule has 7 heteroatoms. The molecule has 29 heavy (non-hydrogen) atoms. The molecule has 0 aromatic heterocycles. The van der Waals surface area contributed by atoms with Crippen LogP contribution >= 0.6 is 0 Å². The topological polar surface area (TPSA) is 93.7 Å². The number of carbonyl (C=O) groups excluding carboxylic acids is 3. The van der Waals surface area contributed by atoms with Crippen LogP contribution in [-0.2, 0) is 19.1 Å². The van der Waals surface area contributed by atoms with Crippen molar-refractivity contribution in [2.24, 2.45) is 0 Å². The highest BCUT2D eigenvalue weighted by molar-refractivity contribution is 5.97. The number of amides is 2.